The van der Waals surface area contributed by atoms with Gasteiger partial charge in [0.1, 0.15) is 0 Å². The van der Waals surface area contributed by atoms with Gasteiger partial charge in [-0.2, -0.15) is 0 Å². The number of nitrogens with zero attached hydrogens (tertiary/aromatic N) is 1. The third kappa shape index (κ3) is 4.43. The molecule has 22 heavy (non-hydrogen) atoms. The van der Waals surface area contributed by atoms with Gasteiger partial charge in [-0.1, -0.05) is 79.2 Å². The molecule has 0 aliphatic heterocycles. The minimum Gasteiger partial charge on any atom is -0.273 e. The van der Waals surface area contributed by atoms with Crippen LogP contribution in [0.2, 0.25) is 0 Å². The van der Waals surface area contributed by atoms with Gasteiger partial charge in [-0.25, -0.2) is 0 Å². The van der Waals surface area contributed by atoms with Crippen molar-refractivity contribution in [2.75, 3.05) is 0 Å². The van der Waals surface area contributed by atoms with E-state index in [-0.39, 0.29) is 6.04 Å². The highest BCUT2D eigenvalue weighted by atomic mass is 35.5. The maximum absolute atomic E-state index is 6.38. The first-order valence-corrected chi connectivity index (χ1v) is 8.02. The zero-order chi connectivity index (χ0) is 15.9. The normalized spacial score (nSPS) is 24.0. The van der Waals surface area contributed by atoms with Crippen LogP contribution >= 0.6 is 11.6 Å². The van der Waals surface area contributed by atoms with E-state index >= 15 is 0 Å². The maximum atomic E-state index is 6.38. The Morgan fingerprint density at radius 3 is 2.59 bits per heavy atom. The summed E-state index contributed by atoms with van der Waals surface area (Å²) < 4.78 is 0. The molecule has 1 aromatic rings. The minimum absolute atomic E-state index is 0.0144. The molecule has 4 atom stereocenters. The molecular formula is C19H23ClN2. The fourth-order valence-corrected chi connectivity index (χ4v) is 2.94. The molecule has 116 valence electrons. The molecule has 0 saturated carbocycles. The lowest BCUT2D eigenvalue weighted by atomic mass is 9.87. The number of nitrogens with one attached hydrogen (secondary N) is 1. The predicted octanol–water partition coefficient (Wildman–Crippen LogP) is 4.86. The van der Waals surface area contributed by atoms with E-state index in [4.69, 9.17) is 11.6 Å². The molecule has 0 aromatic heterocycles. The average molecular weight is 315 g/mol. The first-order chi connectivity index (χ1) is 10.6. The quantitative estimate of drug-likeness (QED) is 0.344. The molecular weight excluding hydrogens is 292 g/mol. The molecule has 1 aliphatic carbocycles. The molecule has 1 N–H and O–H groups in total. The summed E-state index contributed by atoms with van der Waals surface area (Å²) in [6, 6.07) is 10.1. The standard InChI is InChI=1S/C19H23ClN2/c1-4-18(16-11-6-5-7-12-16)22-19(20)21-15(3)17-13-9-8-10-14(17)2/h4-14,17-19,22H,1H2,2-3H3. The van der Waals surface area contributed by atoms with E-state index in [0.29, 0.717) is 11.8 Å². The Hall–Kier alpha value is -1.64. The van der Waals surface area contributed by atoms with Crippen LogP contribution < -0.4 is 5.32 Å². The van der Waals surface area contributed by atoms with Crippen molar-refractivity contribution in [3.63, 3.8) is 0 Å². The molecule has 0 heterocycles. The Labute approximate surface area is 138 Å². The van der Waals surface area contributed by atoms with Gasteiger partial charge in [0, 0.05) is 11.6 Å². The molecule has 0 bridgehead atoms. The van der Waals surface area contributed by atoms with Crippen LogP contribution in [-0.4, -0.2) is 11.3 Å². The van der Waals surface area contributed by atoms with Gasteiger partial charge in [0.25, 0.3) is 0 Å². The third-order valence-corrected chi connectivity index (χ3v) is 4.15. The summed E-state index contributed by atoms with van der Waals surface area (Å²) >= 11 is 6.38. The van der Waals surface area contributed by atoms with E-state index in [1.807, 2.05) is 31.2 Å². The number of halogens is 1. The van der Waals surface area contributed by atoms with Crippen LogP contribution in [0.1, 0.15) is 25.5 Å². The zero-order valence-electron chi connectivity index (χ0n) is 13.1. The molecule has 0 radical (unpaired) electrons. The van der Waals surface area contributed by atoms with Gasteiger partial charge in [-0.15, -0.1) is 6.58 Å². The third-order valence-electron chi connectivity index (χ3n) is 3.92. The second-order valence-corrected chi connectivity index (χ2v) is 5.97. The van der Waals surface area contributed by atoms with Gasteiger partial charge in [-0.3, -0.25) is 10.3 Å². The summed E-state index contributed by atoms with van der Waals surface area (Å²) in [6.45, 7) is 8.11. The second kappa shape index (κ2) is 8.11. The topological polar surface area (TPSA) is 24.4 Å². The van der Waals surface area contributed by atoms with Crippen LogP contribution in [0, 0.1) is 11.8 Å². The summed E-state index contributed by atoms with van der Waals surface area (Å²) in [5.74, 6) is 0.758. The number of hydrogen-bond acceptors (Lipinski definition) is 2. The first kappa shape index (κ1) is 16.7. The number of alkyl halides is 1. The van der Waals surface area contributed by atoms with Crippen molar-refractivity contribution in [2.45, 2.75) is 25.5 Å². The average Bonchev–Trinajstić information content (AvgIpc) is 2.53. The molecule has 2 rings (SSSR count). The summed E-state index contributed by atoms with van der Waals surface area (Å²) in [5, 5.41) is 3.29. The Bertz CT molecular complexity index is 574. The van der Waals surface area contributed by atoms with E-state index < -0.39 is 5.62 Å². The Morgan fingerprint density at radius 2 is 1.95 bits per heavy atom. The molecule has 2 nitrogen and oxygen atoms in total. The number of hydrogen-bond donors (Lipinski definition) is 1. The molecule has 0 amide bonds. The van der Waals surface area contributed by atoms with Crippen molar-refractivity contribution >= 4 is 17.3 Å². The highest BCUT2D eigenvalue weighted by molar-refractivity contribution is 6.20. The predicted molar refractivity (Wildman–Crippen MR) is 96.2 cm³/mol. The lowest BCUT2D eigenvalue weighted by Gasteiger charge is -2.22. The van der Waals surface area contributed by atoms with Gasteiger partial charge in [0.05, 0.1) is 6.04 Å². The van der Waals surface area contributed by atoms with Crippen LogP contribution in [0.15, 0.2) is 72.3 Å². The highest BCUT2D eigenvalue weighted by Gasteiger charge is 2.18. The largest absolute Gasteiger partial charge is 0.273 e. The van der Waals surface area contributed by atoms with Crippen LogP contribution in [0.3, 0.4) is 0 Å². The number of benzene rings is 1. The number of allylic oxidation sites excluding steroid dienone is 4. The van der Waals surface area contributed by atoms with Crippen molar-refractivity contribution in [1.29, 1.82) is 0 Å². The lowest BCUT2D eigenvalue weighted by Crippen LogP contribution is -2.28. The minimum atomic E-state index is -0.477. The van der Waals surface area contributed by atoms with Gasteiger partial charge >= 0.3 is 0 Å². The first-order valence-electron chi connectivity index (χ1n) is 7.58. The maximum Gasteiger partial charge on any atom is 0.176 e. The molecule has 3 heteroatoms. The fraction of sp³-hybridized carbons (Fsp3) is 0.316. The van der Waals surface area contributed by atoms with Crippen LogP contribution in [0.25, 0.3) is 0 Å². The Balaban J connectivity index is 2.03. The van der Waals surface area contributed by atoms with Gasteiger partial charge in [0.2, 0.25) is 0 Å². The molecule has 4 unspecified atom stereocenters. The van der Waals surface area contributed by atoms with Crippen molar-refractivity contribution in [3.05, 3.63) is 72.9 Å². The molecule has 1 aliphatic rings. The smallest absolute Gasteiger partial charge is 0.176 e. The zero-order valence-corrected chi connectivity index (χ0v) is 13.9. The van der Waals surface area contributed by atoms with Crippen LogP contribution in [-0.2, 0) is 0 Å². The molecule has 0 fully saturated rings. The summed E-state index contributed by atoms with van der Waals surface area (Å²) in [7, 11) is 0. The van der Waals surface area contributed by atoms with E-state index in [0.717, 1.165) is 11.3 Å². The van der Waals surface area contributed by atoms with Gasteiger partial charge in [-0.05, 0) is 18.4 Å². The van der Waals surface area contributed by atoms with E-state index in [1.165, 1.54) is 0 Å². The van der Waals surface area contributed by atoms with Crippen molar-refractivity contribution in [2.24, 2.45) is 16.8 Å². The van der Waals surface area contributed by atoms with E-state index in [9.17, 15) is 0 Å². The van der Waals surface area contributed by atoms with Crippen molar-refractivity contribution in [1.82, 2.24) is 5.32 Å². The Kier molecular flexibility index (Phi) is 6.17. The Morgan fingerprint density at radius 1 is 1.27 bits per heavy atom. The highest BCUT2D eigenvalue weighted by Crippen LogP contribution is 2.22. The summed E-state index contributed by atoms with van der Waals surface area (Å²) in [6.07, 6.45) is 10.4. The van der Waals surface area contributed by atoms with Crippen LogP contribution in [0.5, 0.6) is 0 Å². The summed E-state index contributed by atoms with van der Waals surface area (Å²) in [5.41, 5.74) is 1.69. The number of aliphatic imine (C=N–C) groups is 1. The van der Waals surface area contributed by atoms with Gasteiger partial charge in [0.15, 0.2) is 5.62 Å². The lowest BCUT2D eigenvalue weighted by molar-refractivity contribution is 0.585. The molecule has 0 saturated heterocycles. The number of rotatable bonds is 6. The van der Waals surface area contributed by atoms with Crippen molar-refractivity contribution in [3.8, 4) is 0 Å². The second-order valence-electron chi connectivity index (χ2n) is 5.55. The van der Waals surface area contributed by atoms with Gasteiger partial charge < -0.3 is 0 Å². The van der Waals surface area contributed by atoms with E-state index in [2.05, 4.69) is 60.2 Å². The monoisotopic (exact) mass is 314 g/mol. The fourth-order valence-electron chi connectivity index (χ4n) is 2.65. The van der Waals surface area contributed by atoms with Crippen LogP contribution in [0.4, 0.5) is 0 Å². The molecule has 0 spiro atoms. The van der Waals surface area contributed by atoms with E-state index in [1.54, 1.807) is 0 Å². The molecule has 1 aromatic carbocycles. The SMILES string of the molecule is C=CC(NC(Cl)N=C(C)C1C=CC=CC1C)c1ccccc1. The van der Waals surface area contributed by atoms with Crippen molar-refractivity contribution < 1.29 is 0 Å². The summed E-state index contributed by atoms with van der Waals surface area (Å²) in [4.78, 5) is 4.60.